The van der Waals surface area contributed by atoms with Crippen molar-refractivity contribution in [3.63, 3.8) is 0 Å². The molecule has 0 atom stereocenters. The second kappa shape index (κ2) is 11.7. The Morgan fingerprint density at radius 2 is 1.83 bits per heavy atom. The van der Waals surface area contributed by atoms with Crippen LogP contribution in [0, 0.1) is 24.5 Å². The number of carbonyl (C=O) groups is 1. The van der Waals surface area contributed by atoms with Gasteiger partial charge in [-0.25, -0.2) is 8.78 Å². The van der Waals surface area contributed by atoms with E-state index in [9.17, 15) is 13.6 Å². The Labute approximate surface area is 212 Å². The number of hydrogen-bond donors (Lipinski definition) is 1. The maximum absolute atomic E-state index is 13.5. The molecule has 2 aliphatic rings. The lowest BCUT2D eigenvalue weighted by molar-refractivity contribution is -0.118. The van der Waals surface area contributed by atoms with Crippen LogP contribution in [-0.2, 0) is 4.79 Å². The fourth-order valence-corrected chi connectivity index (χ4v) is 4.63. The van der Waals surface area contributed by atoms with Crippen LogP contribution in [0.2, 0.25) is 0 Å². The third-order valence-electron chi connectivity index (χ3n) is 6.79. The highest BCUT2D eigenvalue weighted by Gasteiger charge is 2.23. The van der Waals surface area contributed by atoms with Crippen LogP contribution in [0.3, 0.4) is 0 Å². The van der Waals surface area contributed by atoms with Gasteiger partial charge in [-0.1, -0.05) is 32.1 Å². The van der Waals surface area contributed by atoms with Crippen molar-refractivity contribution in [2.24, 2.45) is 5.92 Å². The van der Waals surface area contributed by atoms with Crippen LogP contribution in [0.15, 0.2) is 72.0 Å². The number of likely N-dealkylation sites (tertiary alicyclic amines) is 1. The van der Waals surface area contributed by atoms with Crippen LogP contribution < -0.4 is 10.1 Å². The number of aryl methyl sites for hydroxylation is 1. The fraction of sp³-hybridized carbons (Fsp3) is 0.367. The van der Waals surface area contributed by atoms with Gasteiger partial charge in [0.05, 0.1) is 0 Å². The maximum atomic E-state index is 13.5. The molecule has 2 aromatic carbocycles. The van der Waals surface area contributed by atoms with Gasteiger partial charge in [-0.05, 0) is 98.3 Å². The number of anilines is 1. The molecule has 190 valence electrons. The number of benzene rings is 2. The maximum Gasteiger partial charge on any atom is 0.226 e. The van der Waals surface area contributed by atoms with Crippen molar-refractivity contribution in [3.8, 4) is 5.75 Å². The van der Waals surface area contributed by atoms with E-state index in [4.69, 9.17) is 4.74 Å². The van der Waals surface area contributed by atoms with Crippen LogP contribution in [-0.4, -0.2) is 30.4 Å². The number of nitrogens with one attached hydrogen (secondary N) is 1. The molecule has 1 saturated heterocycles. The quantitative estimate of drug-likeness (QED) is 0.457. The molecule has 6 heteroatoms. The van der Waals surface area contributed by atoms with Crippen molar-refractivity contribution in [1.82, 2.24) is 4.90 Å². The molecule has 2 aromatic rings. The summed E-state index contributed by atoms with van der Waals surface area (Å²) >= 11 is 0. The van der Waals surface area contributed by atoms with Gasteiger partial charge in [-0.3, -0.25) is 9.69 Å². The van der Waals surface area contributed by atoms with E-state index in [-0.39, 0.29) is 17.6 Å². The highest BCUT2D eigenvalue weighted by molar-refractivity contribution is 5.92. The van der Waals surface area contributed by atoms with Crippen molar-refractivity contribution in [1.29, 1.82) is 0 Å². The molecule has 0 radical (unpaired) electrons. The number of allylic oxidation sites excluding steroid dienone is 3. The van der Waals surface area contributed by atoms with Gasteiger partial charge in [0.1, 0.15) is 11.5 Å². The Morgan fingerprint density at radius 3 is 2.56 bits per heavy atom. The summed E-state index contributed by atoms with van der Waals surface area (Å²) in [5.41, 5.74) is 4.68. The average Bonchev–Trinajstić information content (AvgIpc) is 3.08. The van der Waals surface area contributed by atoms with Gasteiger partial charge in [-0.15, -0.1) is 0 Å². The van der Waals surface area contributed by atoms with E-state index in [1.165, 1.54) is 22.8 Å². The monoisotopic (exact) mass is 492 g/mol. The summed E-state index contributed by atoms with van der Waals surface area (Å²) < 4.78 is 32.4. The molecule has 1 heterocycles. The van der Waals surface area contributed by atoms with Gasteiger partial charge in [0.2, 0.25) is 5.91 Å². The first-order chi connectivity index (χ1) is 17.3. The molecule has 1 amide bonds. The number of halogens is 2. The van der Waals surface area contributed by atoms with Crippen LogP contribution in [0.1, 0.15) is 50.2 Å². The first-order valence-corrected chi connectivity index (χ1v) is 12.6. The molecular formula is C30H34F2N2O2. The Kier molecular flexibility index (Phi) is 8.36. The lowest BCUT2D eigenvalue weighted by Crippen LogP contribution is -2.34. The van der Waals surface area contributed by atoms with Gasteiger partial charge in [0, 0.05) is 24.2 Å². The minimum absolute atomic E-state index is 0.0391. The third-order valence-corrected chi connectivity index (χ3v) is 6.79. The fourth-order valence-electron chi connectivity index (χ4n) is 4.63. The zero-order valence-corrected chi connectivity index (χ0v) is 21.2. The van der Waals surface area contributed by atoms with Crippen LogP contribution in [0.25, 0.3) is 0 Å². The molecule has 0 saturated carbocycles. The molecule has 1 aliphatic heterocycles. The van der Waals surface area contributed by atoms with E-state index >= 15 is 0 Å². The average molecular weight is 493 g/mol. The van der Waals surface area contributed by atoms with Crippen molar-refractivity contribution in [2.45, 2.75) is 46.0 Å². The largest absolute Gasteiger partial charge is 0.458 e. The summed E-state index contributed by atoms with van der Waals surface area (Å²) in [7, 11) is 0. The Bertz CT molecular complexity index is 1190. The van der Waals surface area contributed by atoms with E-state index in [2.05, 4.69) is 35.3 Å². The number of nitrogens with zero attached hydrogens (tertiary/aromatic N) is 1. The number of amides is 1. The van der Waals surface area contributed by atoms with Crippen LogP contribution in [0.4, 0.5) is 14.5 Å². The third kappa shape index (κ3) is 6.70. The summed E-state index contributed by atoms with van der Waals surface area (Å²) in [6, 6.07) is 9.78. The molecule has 1 N–H and O–H groups in total. The molecule has 4 nitrogen and oxygen atoms in total. The first kappa shape index (κ1) is 25.8. The molecule has 0 spiro atoms. The molecular weight excluding hydrogens is 458 g/mol. The van der Waals surface area contributed by atoms with Gasteiger partial charge in [-0.2, -0.15) is 0 Å². The summed E-state index contributed by atoms with van der Waals surface area (Å²) in [5.74, 6) is -0.444. The minimum Gasteiger partial charge on any atom is -0.458 e. The summed E-state index contributed by atoms with van der Waals surface area (Å²) in [6.07, 6.45) is 10.9. The summed E-state index contributed by atoms with van der Waals surface area (Å²) in [6.45, 7) is 8.81. The van der Waals surface area contributed by atoms with E-state index < -0.39 is 11.6 Å². The van der Waals surface area contributed by atoms with Crippen LogP contribution in [0.5, 0.6) is 5.75 Å². The lowest BCUT2D eigenvalue weighted by atomic mass is 9.86. The zero-order valence-electron chi connectivity index (χ0n) is 21.2. The van der Waals surface area contributed by atoms with E-state index in [1.807, 2.05) is 38.1 Å². The molecule has 1 aliphatic carbocycles. The highest BCUT2D eigenvalue weighted by Crippen LogP contribution is 2.32. The predicted molar refractivity (Wildman–Crippen MR) is 140 cm³/mol. The Morgan fingerprint density at radius 1 is 1.06 bits per heavy atom. The summed E-state index contributed by atoms with van der Waals surface area (Å²) in [5, 5.41) is 3.03. The van der Waals surface area contributed by atoms with Crippen molar-refractivity contribution < 1.29 is 18.3 Å². The number of rotatable bonds is 7. The number of piperidine rings is 1. The normalized spacial score (nSPS) is 16.9. The van der Waals surface area contributed by atoms with Crippen molar-refractivity contribution in [3.05, 3.63) is 94.8 Å². The van der Waals surface area contributed by atoms with E-state index in [0.717, 1.165) is 50.3 Å². The standard InChI is InChI=1S/C30H34F2N2O2/c1-20(2)30(35)33-24-9-7-21(3)27(17-24)23-13-15-34(16-14-23)19-22-5-4-6-25(10-8-22)36-26-11-12-28(31)29(32)18-26/h5-12,17-18,20,23H,4,13-16,19H2,1-3H3,(H,33,35). The van der Waals surface area contributed by atoms with Gasteiger partial charge < -0.3 is 10.1 Å². The molecule has 0 aromatic heterocycles. The second-order valence-electron chi connectivity index (χ2n) is 9.90. The molecule has 1 fully saturated rings. The molecule has 0 unspecified atom stereocenters. The van der Waals surface area contributed by atoms with Gasteiger partial charge >= 0.3 is 0 Å². The smallest absolute Gasteiger partial charge is 0.226 e. The summed E-state index contributed by atoms with van der Waals surface area (Å²) in [4.78, 5) is 14.6. The predicted octanol–water partition coefficient (Wildman–Crippen LogP) is 6.90. The van der Waals surface area contributed by atoms with Gasteiger partial charge in [0.25, 0.3) is 0 Å². The minimum atomic E-state index is -0.921. The van der Waals surface area contributed by atoms with Crippen molar-refractivity contribution >= 4 is 11.6 Å². The molecule has 4 rings (SSSR count). The highest BCUT2D eigenvalue weighted by atomic mass is 19.2. The second-order valence-corrected chi connectivity index (χ2v) is 9.90. The van der Waals surface area contributed by atoms with Crippen LogP contribution >= 0.6 is 0 Å². The van der Waals surface area contributed by atoms with E-state index in [1.54, 1.807) is 0 Å². The Hall–Kier alpha value is -3.25. The van der Waals surface area contributed by atoms with Gasteiger partial charge in [0.15, 0.2) is 11.6 Å². The number of hydrogen-bond acceptors (Lipinski definition) is 3. The number of carbonyl (C=O) groups excluding carboxylic acids is 1. The van der Waals surface area contributed by atoms with Crippen molar-refractivity contribution in [2.75, 3.05) is 25.0 Å². The molecule has 36 heavy (non-hydrogen) atoms. The Balaban J connectivity index is 1.30. The first-order valence-electron chi connectivity index (χ1n) is 12.6. The lowest BCUT2D eigenvalue weighted by Gasteiger charge is -2.33. The molecule has 0 bridgehead atoms. The SMILES string of the molecule is Cc1ccc(NC(=O)C(C)C)cc1C1CCN(CC2=CCC=C(Oc3ccc(F)c(F)c3)C=C2)CC1. The van der Waals surface area contributed by atoms with E-state index in [0.29, 0.717) is 18.1 Å². The zero-order chi connectivity index (χ0) is 25.7. The number of ether oxygens (including phenoxy) is 1. The topological polar surface area (TPSA) is 41.6 Å².